The van der Waals surface area contributed by atoms with Crippen LogP contribution in [0.1, 0.15) is 48.9 Å². The first-order chi connectivity index (χ1) is 14.5. The Kier molecular flexibility index (Phi) is 4.18. The van der Waals surface area contributed by atoms with Gasteiger partial charge in [0.05, 0.1) is 21.8 Å². The maximum absolute atomic E-state index is 13.9. The minimum atomic E-state index is -0.921. The van der Waals surface area contributed by atoms with Gasteiger partial charge in [-0.2, -0.15) is 5.10 Å². The van der Waals surface area contributed by atoms with E-state index in [0.29, 0.717) is 29.2 Å². The van der Waals surface area contributed by atoms with E-state index in [1.165, 1.54) is 28.9 Å². The van der Waals surface area contributed by atoms with Crippen molar-refractivity contribution in [2.45, 2.75) is 19.3 Å². The maximum Gasteiger partial charge on any atom is 0.384 e. The highest BCUT2D eigenvalue weighted by Crippen LogP contribution is 2.30. The van der Waals surface area contributed by atoms with E-state index in [-0.39, 0.29) is 21.8 Å². The van der Waals surface area contributed by atoms with Gasteiger partial charge in [0.2, 0.25) is 0 Å². The molecule has 1 aliphatic heterocycles. The number of hydrogen-bond donors (Lipinski definition) is 0. The third-order valence-corrected chi connectivity index (χ3v) is 5.51. The molecule has 2 aromatic carbocycles. The van der Waals surface area contributed by atoms with Gasteiger partial charge in [-0.15, -0.1) is 0 Å². The average molecular weight is 426 g/mol. The molecule has 0 unspecified atom stereocenters. The number of rotatable bonds is 3. The second-order valence-corrected chi connectivity index (χ2v) is 7.37. The summed E-state index contributed by atoms with van der Waals surface area (Å²) in [5.41, 5.74) is 2.16. The van der Waals surface area contributed by atoms with Gasteiger partial charge in [-0.25, -0.2) is 13.9 Å². The van der Waals surface area contributed by atoms with Crippen molar-refractivity contribution in [1.82, 2.24) is 14.8 Å². The van der Waals surface area contributed by atoms with Gasteiger partial charge in [0.15, 0.2) is 5.69 Å². The number of carbonyl (C=O) groups excluding carboxylic acids is 3. The molecule has 150 valence electrons. The van der Waals surface area contributed by atoms with E-state index < -0.39 is 23.6 Å². The Labute approximate surface area is 174 Å². The lowest BCUT2D eigenvalue weighted by atomic mass is 10.1. The first-order valence-corrected chi connectivity index (χ1v) is 9.60. The van der Waals surface area contributed by atoms with Crippen molar-refractivity contribution in [3.05, 3.63) is 81.4 Å². The largest absolute Gasteiger partial charge is 0.384 e. The predicted octanol–water partition coefficient (Wildman–Crippen LogP) is 3.52. The number of benzene rings is 2. The van der Waals surface area contributed by atoms with Crippen LogP contribution >= 0.6 is 11.6 Å². The van der Waals surface area contributed by atoms with Gasteiger partial charge in [0.25, 0.3) is 11.8 Å². The molecule has 3 aromatic rings. The molecule has 30 heavy (non-hydrogen) atoms. The molecule has 0 N–H and O–H groups in total. The number of hydrogen-bond acceptors (Lipinski definition) is 5. The molecule has 0 spiro atoms. The highest BCUT2D eigenvalue weighted by molar-refractivity contribution is 6.30. The van der Waals surface area contributed by atoms with Crippen LogP contribution in [-0.2, 0) is 17.7 Å². The van der Waals surface area contributed by atoms with Crippen molar-refractivity contribution < 1.29 is 23.6 Å². The van der Waals surface area contributed by atoms with E-state index in [9.17, 15) is 18.8 Å². The van der Waals surface area contributed by atoms with E-state index >= 15 is 0 Å². The number of aromatic nitrogens is 2. The monoisotopic (exact) mass is 425 g/mol. The van der Waals surface area contributed by atoms with Crippen molar-refractivity contribution >= 4 is 29.4 Å². The fraction of sp³-hybridized carbons (Fsp3) is 0.143. The van der Waals surface area contributed by atoms with E-state index in [4.69, 9.17) is 16.4 Å². The molecule has 2 amide bonds. The Bertz CT molecular complexity index is 1220. The fourth-order valence-electron chi connectivity index (χ4n) is 3.81. The Hall–Kier alpha value is -3.52. The maximum atomic E-state index is 13.9. The molecule has 2 heterocycles. The SMILES string of the molecule is O=C(ON1C(=O)c2ccccc2C1=O)c1nn(-c2ccc(Cl)c(F)c2)c2c1CCC2. The first-order valence-electron chi connectivity index (χ1n) is 9.22. The Morgan fingerprint density at radius 1 is 1.07 bits per heavy atom. The zero-order chi connectivity index (χ0) is 21.0. The van der Waals surface area contributed by atoms with Crippen LogP contribution in [0, 0.1) is 5.82 Å². The normalized spacial score (nSPS) is 14.8. The van der Waals surface area contributed by atoms with E-state index in [2.05, 4.69) is 5.10 Å². The summed E-state index contributed by atoms with van der Waals surface area (Å²) >= 11 is 5.75. The molecular formula is C21H13ClFN3O4. The third-order valence-electron chi connectivity index (χ3n) is 5.20. The Balaban J connectivity index is 1.48. The van der Waals surface area contributed by atoms with Crippen LogP contribution < -0.4 is 0 Å². The zero-order valence-electron chi connectivity index (χ0n) is 15.4. The van der Waals surface area contributed by atoms with Crippen molar-refractivity contribution in [3.8, 4) is 5.69 Å². The smallest absolute Gasteiger partial charge is 0.322 e. The summed E-state index contributed by atoms with van der Waals surface area (Å²) in [6.07, 6.45) is 2.02. The van der Waals surface area contributed by atoms with Gasteiger partial charge >= 0.3 is 5.97 Å². The quantitative estimate of drug-likeness (QED) is 0.600. The van der Waals surface area contributed by atoms with Gasteiger partial charge in [0, 0.05) is 17.3 Å². The minimum Gasteiger partial charge on any atom is -0.322 e. The summed E-state index contributed by atoms with van der Waals surface area (Å²) in [5.74, 6) is -2.94. The lowest BCUT2D eigenvalue weighted by molar-refractivity contribution is -0.0589. The number of fused-ring (bicyclic) bond motifs is 2. The summed E-state index contributed by atoms with van der Waals surface area (Å²) < 4.78 is 15.4. The van der Waals surface area contributed by atoms with Crippen LogP contribution in [0.15, 0.2) is 42.5 Å². The minimum absolute atomic E-state index is 0.00517. The lowest BCUT2D eigenvalue weighted by Gasteiger charge is -2.12. The Morgan fingerprint density at radius 3 is 2.43 bits per heavy atom. The van der Waals surface area contributed by atoms with Crippen molar-refractivity contribution in [3.63, 3.8) is 0 Å². The summed E-state index contributed by atoms with van der Waals surface area (Å²) in [5, 5.41) is 4.73. The highest BCUT2D eigenvalue weighted by atomic mass is 35.5. The summed E-state index contributed by atoms with van der Waals surface area (Å²) in [4.78, 5) is 42.9. The van der Waals surface area contributed by atoms with Gasteiger partial charge < -0.3 is 4.84 Å². The van der Waals surface area contributed by atoms with Crippen LogP contribution in [0.5, 0.6) is 0 Å². The molecular weight excluding hydrogens is 413 g/mol. The van der Waals surface area contributed by atoms with Crippen LogP contribution in [0.3, 0.4) is 0 Å². The zero-order valence-corrected chi connectivity index (χ0v) is 16.1. The number of halogens is 2. The number of carbonyl (C=O) groups is 3. The number of nitrogens with zero attached hydrogens (tertiary/aromatic N) is 3. The molecule has 0 saturated heterocycles. The topological polar surface area (TPSA) is 81.5 Å². The molecule has 0 radical (unpaired) electrons. The van der Waals surface area contributed by atoms with Crippen LogP contribution in [0.2, 0.25) is 5.02 Å². The van der Waals surface area contributed by atoms with Crippen LogP contribution in [0.4, 0.5) is 4.39 Å². The number of imide groups is 1. The predicted molar refractivity (Wildman–Crippen MR) is 103 cm³/mol. The molecule has 5 rings (SSSR count). The Morgan fingerprint density at radius 2 is 1.77 bits per heavy atom. The molecule has 0 atom stereocenters. The van der Waals surface area contributed by atoms with Gasteiger partial charge in [-0.3, -0.25) is 9.59 Å². The molecule has 1 aliphatic carbocycles. The molecule has 2 aliphatic rings. The first kappa shape index (κ1) is 18.5. The fourth-order valence-corrected chi connectivity index (χ4v) is 3.93. The molecule has 0 bridgehead atoms. The van der Waals surface area contributed by atoms with E-state index in [1.807, 2.05) is 0 Å². The highest BCUT2D eigenvalue weighted by Gasteiger charge is 2.40. The second kappa shape index (κ2) is 6.77. The summed E-state index contributed by atoms with van der Waals surface area (Å²) in [6.45, 7) is 0. The van der Waals surface area contributed by atoms with Gasteiger partial charge in [0.1, 0.15) is 5.82 Å². The van der Waals surface area contributed by atoms with Crippen molar-refractivity contribution in [2.75, 3.05) is 0 Å². The molecule has 7 nitrogen and oxygen atoms in total. The van der Waals surface area contributed by atoms with Crippen LogP contribution in [-0.4, -0.2) is 32.6 Å². The van der Waals surface area contributed by atoms with E-state index in [0.717, 1.165) is 12.1 Å². The van der Waals surface area contributed by atoms with Crippen molar-refractivity contribution in [1.29, 1.82) is 0 Å². The van der Waals surface area contributed by atoms with Crippen molar-refractivity contribution in [2.24, 2.45) is 0 Å². The van der Waals surface area contributed by atoms with Gasteiger partial charge in [-0.1, -0.05) is 28.8 Å². The summed E-state index contributed by atoms with van der Waals surface area (Å²) in [7, 11) is 0. The third kappa shape index (κ3) is 2.72. The lowest BCUT2D eigenvalue weighted by Crippen LogP contribution is -2.33. The van der Waals surface area contributed by atoms with Crippen LogP contribution in [0.25, 0.3) is 5.69 Å². The average Bonchev–Trinajstić information content (AvgIpc) is 3.41. The molecule has 1 aromatic heterocycles. The van der Waals surface area contributed by atoms with E-state index in [1.54, 1.807) is 18.2 Å². The number of hydroxylamine groups is 2. The second-order valence-electron chi connectivity index (χ2n) is 6.97. The summed E-state index contributed by atoms with van der Waals surface area (Å²) in [6, 6.07) is 10.5. The molecule has 0 saturated carbocycles. The van der Waals surface area contributed by atoms with Gasteiger partial charge in [-0.05, 0) is 43.5 Å². The molecule has 0 fully saturated rings. The number of amides is 2. The molecule has 9 heteroatoms. The standard InChI is InChI=1S/C21H13ClFN3O4/c22-15-9-8-11(10-16(15)23)25-17-7-3-6-14(17)18(24-25)21(29)30-26-19(27)12-4-1-2-5-13(12)20(26)28/h1-2,4-5,8-10H,3,6-7H2.